The Kier molecular flexibility index (Phi) is 11.5. The highest BCUT2D eigenvalue weighted by Crippen LogP contribution is 1.82. The van der Waals surface area contributed by atoms with Crippen LogP contribution in [-0.4, -0.2) is 41.2 Å². The maximum Gasteiger partial charge on any atom is 0.248 e. The number of nitrogens with one attached hydrogen (secondary N) is 1. The Morgan fingerprint density at radius 1 is 1.33 bits per heavy atom. The van der Waals surface area contributed by atoms with E-state index >= 15 is 0 Å². The standard InChI is InChI=1S/C5H9NO2.C2H6O2/c1-4(2)5(8)6-3-7;3-1-2-4/h7H,1,3H2,2H3,(H,6,8);3-4H,1-2H2. The van der Waals surface area contributed by atoms with Crippen molar-refractivity contribution in [1.82, 2.24) is 5.32 Å². The monoisotopic (exact) mass is 177 g/mol. The van der Waals surface area contributed by atoms with Crippen LogP contribution in [0.2, 0.25) is 0 Å². The maximum atomic E-state index is 10.4. The first kappa shape index (κ1) is 13.7. The fourth-order valence-corrected chi connectivity index (χ4v) is 0.223. The molecule has 0 bridgehead atoms. The van der Waals surface area contributed by atoms with Gasteiger partial charge in [-0.05, 0) is 6.92 Å². The first-order valence-corrected chi connectivity index (χ1v) is 3.36. The highest BCUT2D eigenvalue weighted by Gasteiger charge is 1.95. The van der Waals surface area contributed by atoms with Crippen LogP contribution in [-0.2, 0) is 4.79 Å². The van der Waals surface area contributed by atoms with Gasteiger partial charge in [0.05, 0.1) is 13.2 Å². The van der Waals surface area contributed by atoms with Gasteiger partial charge < -0.3 is 20.6 Å². The van der Waals surface area contributed by atoms with Crippen LogP contribution >= 0.6 is 0 Å². The highest BCUT2D eigenvalue weighted by molar-refractivity contribution is 5.91. The average Bonchev–Trinajstić information content (AvgIpc) is 2.05. The quantitative estimate of drug-likeness (QED) is 0.315. The van der Waals surface area contributed by atoms with Gasteiger partial charge in [0.1, 0.15) is 6.73 Å². The van der Waals surface area contributed by atoms with E-state index in [1.54, 1.807) is 6.92 Å². The molecule has 72 valence electrons. The Hall–Kier alpha value is -0.910. The van der Waals surface area contributed by atoms with Crippen molar-refractivity contribution >= 4 is 5.91 Å². The molecule has 1 amide bonds. The summed E-state index contributed by atoms with van der Waals surface area (Å²) in [6.07, 6.45) is 0. The van der Waals surface area contributed by atoms with Gasteiger partial charge >= 0.3 is 0 Å². The predicted molar refractivity (Wildman–Crippen MR) is 44.2 cm³/mol. The van der Waals surface area contributed by atoms with Gasteiger partial charge in [0.25, 0.3) is 0 Å². The molecule has 0 fully saturated rings. The normalized spacial score (nSPS) is 8.00. The van der Waals surface area contributed by atoms with E-state index in [0.29, 0.717) is 5.57 Å². The van der Waals surface area contributed by atoms with Crippen LogP contribution in [0.4, 0.5) is 0 Å². The molecule has 0 aromatic carbocycles. The van der Waals surface area contributed by atoms with Gasteiger partial charge in [0, 0.05) is 5.57 Å². The summed E-state index contributed by atoms with van der Waals surface area (Å²) in [6, 6.07) is 0. The van der Waals surface area contributed by atoms with Gasteiger partial charge in [0.15, 0.2) is 0 Å². The summed E-state index contributed by atoms with van der Waals surface area (Å²) >= 11 is 0. The Morgan fingerprint density at radius 2 is 1.75 bits per heavy atom. The molecule has 0 heterocycles. The third kappa shape index (κ3) is 11.8. The second-order valence-corrected chi connectivity index (χ2v) is 1.89. The van der Waals surface area contributed by atoms with Crippen molar-refractivity contribution in [2.75, 3.05) is 19.9 Å². The lowest BCUT2D eigenvalue weighted by molar-refractivity contribution is -0.118. The van der Waals surface area contributed by atoms with Crippen LogP contribution < -0.4 is 5.32 Å². The van der Waals surface area contributed by atoms with E-state index in [-0.39, 0.29) is 25.9 Å². The molecule has 0 aliphatic carbocycles. The third-order valence-electron chi connectivity index (χ3n) is 0.727. The number of hydrogen-bond acceptors (Lipinski definition) is 4. The zero-order chi connectivity index (χ0) is 9.98. The first-order valence-electron chi connectivity index (χ1n) is 3.36. The molecule has 0 rings (SSSR count). The van der Waals surface area contributed by atoms with Crippen LogP contribution in [0.5, 0.6) is 0 Å². The molecule has 0 radical (unpaired) electrons. The van der Waals surface area contributed by atoms with Crippen molar-refractivity contribution in [3.8, 4) is 0 Å². The second kappa shape index (κ2) is 10.1. The molecule has 0 unspecified atom stereocenters. The number of amides is 1. The molecule has 5 nitrogen and oxygen atoms in total. The Balaban J connectivity index is 0. The lowest BCUT2D eigenvalue weighted by atomic mass is 10.3. The minimum absolute atomic E-state index is 0.125. The summed E-state index contributed by atoms with van der Waals surface area (Å²) in [5, 5.41) is 25.5. The lowest BCUT2D eigenvalue weighted by Gasteiger charge is -1.96. The summed E-state index contributed by atoms with van der Waals surface area (Å²) in [5.74, 6) is -0.312. The topological polar surface area (TPSA) is 89.8 Å². The molecule has 0 aliphatic heterocycles. The predicted octanol–water partition coefficient (Wildman–Crippen LogP) is -1.40. The van der Waals surface area contributed by atoms with Crippen LogP contribution in [0.3, 0.4) is 0 Å². The van der Waals surface area contributed by atoms with Crippen molar-refractivity contribution < 1.29 is 20.1 Å². The molecule has 5 heteroatoms. The van der Waals surface area contributed by atoms with E-state index in [1.807, 2.05) is 0 Å². The number of hydrogen-bond donors (Lipinski definition) is 4. The van der Waals surface area contributed by atoms with Gasteiger partial charge in [-0.15, -0.1) is 0 Å². The summed E-state index contributed by atoms with van der Waals surface area (Å²) in [5.41, 5.74) is 0.402. The molecular formula is C7H15NO4. The fourth-order valence-electron chi connectivity index (χ4n) is 0.223. The summed E-state index contributed by atoms with van der Waals surface area (Å²) in [7, 11) is 0. The number of rotatable bonds is 3. The summed E-state index contributed by atoms with van der Waals surface area (Å²) in [4.78, 5) is 10.4. The number of aliphatic hydroxyl groups excluding tert-OH is 3. The molecule has 0 aliphatic rings. The van der Waals surface area contributed by atoms with E-state index in [4.69, 9.17) is 15.3 Å². The van der Waals surface area contributed by atoms with Gasteiger partial charge in [-0.1, -0.05) is 6.58 Å². The zero-order valence-corrected chi connectivity index (χ0v) is 7.08. The lowest BCUT2D eigenvalue weighted by Crippen LogP contribution is -2.24. The second-order valence-electron chi connectivity index (χ2n) is 1.89. The minimum Gasteiger partial charge on any atom is -0.394 e. The summed E-state index contributed by atoms with van der Waals surface area (Å²) < 4.78 is 0. The Bertz CT molecular complexity index is 133. The zero-order valence-electron chi connectivity index (χ0n) is 7.08. The molecule has 0 atom stereocenters. The van der Waals surface area contributed by atoms with E-state index in [2.05, 4.69) is 11.9 Å². The molecule has 4 N–H and O–H groups in total. The van der Waals surface area contributed by atoms with Crippen molar-refractivity contribution in [3.63, 3.8) is 0 Å². The molecular weight excluding hydrogens is 162 g/mol. The number of carbonyl (C=O) groups excluding carboxylic acids is 1. The largest absolute Gasteiger partial charge is 0.394 e. The van der Waals surface area contributed by atoms with Crippen molar-refractivity contribution in [1.29, 1.82) is 0 Å². The Labute approximate surface area is 71.3 Å². The number of aliphatic hydroxyl groups is 3. The molecule has 0 aromatic heterocycles. The fraction of sp³-hybridized carbons (Fsp3) is 0.571. The third-order valence-corrected chi connectivity index (χ3v) is 0.727. The minimum atomic E-state index is -0.328. The molecule has 0 saturated heterocycles. The van der Waals surface area contributed by atoms with Crippen LogP contribution in [0.1, 0.15) is 6.92 Å². The van der Waals surface area contributed by atoms with E-state index < -0.39 is 0 Å². The molecule has 0 aromatic rings. The number of carbonyl (C=O) groups is 1. The van der Waals surface area contributed by atoms with Gasteiger partial charge in [0.2, 0.25) is 5.91 Å². The van der Waals surface area contributed by atoms with Crippen LogP contribution in [0, 0.1) is 0 Å². The van der Waals surface area contributed by atoms with Gasteiger partial charge in [-0.25, -0.2) is 0 Å². The van der Waals surface area contributed by atoms with Crippen LogP contribution in [0.15, 0.2) is 12.2 Å². The maximum absolute atomic E-state index is 10.4. The van der Waals surface area contributed by atoms with Crippen molar-refractivity contribution in [2.45, 2.75) is 6.92 Å². The van der Waals surface area contributed by atoms with Gasteiger partial charge in [-0.3, -0.25) is 4.79 Å². The summed E-state index contributed by atoms with van der Waals surface area (Å²) in [6.45, 7) is 4.35. The highest BCUT2D eigenvalue weighted by atomic mass is 16.3. The molecule has 0 spiro atoms. The Morgan fingerprint density at radius 3 is 1.83 bits per heavy atom. The molecule has 12 heavy (non-hydrogen) atoms. The van der Waals surface area contributed by atoms with Gasteiger partial charge in [-0.2, -0.15) is 0 Å². The van der Waals surface area contributed by atoms with E-state index in [9.17, 15) is 4.79 Å². The first-order chi connectivity index (χ1) is 5.59. The van der Waals surface area contributed by atoms with Crippen molar-refractivity contribution in [3.05, 3.63) is 12.2 Å². The van der Waals surface area contributed by atoms with Crippen molar-refractivity contribution in [2.24, 2.45) is 0 Å². The van der Waals surface area contributed by atoms with Crippen LogP contribution in [0.25, 0.3) is 0 Å². The van der Waals surface area contributed by atoms with E-state index in [1.165, 1.54) is 0 Å². The smallest absolute Gasteiger partial charge is 0.248 e. The SMILES string of the molecule is C=C(C)C(=O)NCO.OCCO. The molecule has 0 saturated carbocycles. The van der Waals surface area contributed by atoms with E-state index in [0.717, 1.165) is 0 Å². The average molecular weight is 177 g/mol.